The monoisotopic (exact) mass is 404 g/mol. The minimum absolute atomic E-state index is 0.0201. The number of benzene rings is 1. The first kappa shape index (κ1) is 21.7. The summed E-state index contributed by atoms with van der Waals surface area (Å²) in [5.74, 6) is -0.783. The van der Waals surface area contributed by atoms with Crippen molar-refractivity contribution in [1.29, 1.82) is 0 Å². The van der Waals surface area contributed by atoms with Crippen LogP contribution in [0.25, 0.3) is 0 Å². The standard InChI is InChI=1S/C23H32O6/c1-13(2)23(27)9-8-22(4)12-17(25)14(3)10-19(20(22)23)29-21(26)15-6-7-16(24)18(11-15)28-5/h6-7,10-11,13,17,19-20,24-25,27H,8-9,12H2,1-5H3/t17-,19-,20+,22-,23+/m0/s1. The Morgan fingerprint density at radius 2 is 1.97 bits per heavy atom. The lowest BCUT2D eigenvalue weighted by Crippen LogP contribution is -2.50. The largest absolute Gasteiger partial charge is 0.504 e. The van der Waals surface area contributed by atoms with Gasteiger partial charge in [-0.25, -0.2) is 4.79 Å². The molecule has 1 saturated carbocycles. The van der Waals surface area contributed by atoms with Gasteiger partial charge in [0.15, 0.2) is 11.5 Å². The summed E-state index contributed by atoms with van der Waals surface area (Å²) in [4.78, 5) is 12.9. The number of rotatable bonds is 4. The Hall–Kier alpha value is -2.05. The van der Waals surface area contributed by atoms with E-state index < -0.39 is 23.8 Å². The number of methoxy groups -OCH3 is 1. The maximum Gasteiger partial charge on any atom is 0.338 e. The molecule has 2 aliphatic carbocycles. The zero-order chi connectivity index (χ0) is 21.6. The third-order valence-electron chi connectivity index (χ3n) is 6.99. The number of carbonyl (C=O) groups excluding carboxylic acids is 1. The van der Waals surface area contributed by atoms with E-state index >= 15 is 0 Å². The summed E-state index contributed by atoms with van der Waals surface area (Å²) in [5.41, 5.74) is -0.353. The lowest BCUT2D eigenvalue weighted by Gasteiger charge is -2.43. The summed E-state index contributed by atoms with van der Waals surface area (Å²) in [5, 5.41) is 31.9. The first-order valence-electron chi connectivity index (χ1n) is 10.2. The predicted molar refractivity (Wildman–Crippen MR) is 109 cm³/mol. The van der Waals surface area contributed by atoms with E-state index in [4.69, 9.17) is 9.47 Å². The van der Waals surface area contributed by atoms with E-state index in [1.165, 1.54) is 25.3 Å². The summed E-state index contributed by atoms with van der Waals surface area (Å²) in [6.07, 6.45) is 2.37. The lowest BCUT2D eigenvalue weighted by atomic mass is 9.67. The number of ether oxygens (including phenoxy) is 2. The van der Waals surface area contributed by atoms with Gasteiger partial charge in [0.1, 0.15) is 6.10 Å². The van der Waals surface area contributed by atoms with Crippen molar-refractivity contribution in [2.45, 2.75) is 64.8 Å². The predicted octanol–water partition coefficient (Wildman–Crippen LogP) is 3.44. The number of aromatic hydroxyl groups is 1. The molecule has 0 spiro atoms. The van der Waals surface area contributed by atoms with Gasteiger partial charge in [0.2, 0.25) is 0 Å². The van der Waals surface area contributed by atoms with Gasteiger partial charge in [-0.15, -0.1) is 0 Å². The first-order valence-corrected chi connectivity index (χ1v) is 10.2. The number of phenols is 1. The average Bonchev–Trinajstić information content (AvgIpc) is 2.88. The molecule has 0 aromatic heterocycles. The van der Waals surface area contributed by atoms with Gasteiger partial charge in [0.05, 0.1) is 24.4 Å². The summed E-state index contributed by atoms with van der Waals surface area (Å²) in [7, 11) is 1.41. The van der Waals surface area contributed by atoms with E-state index in [0.717, 1.165) is 12.0 Å². The number of aliphatic hydroxyl groups is 2. The van der Waals surface area contributed by atoms with Crippen LogP contribution in [0.5, 0.6) is 11.5 Å². The van der Waals surface area contributed by atoms with Crippen LogP contribution in [0.4, 0.5) is 0 Å². The maximum absolute atomic E-state index is 12.9. The Bertz CT molecular complexity index is 816. The fraction of sp³-hybridized carbons (Fsp3) is 0.609. The van der Waals surface area contributed by atoms with E-state index in [9.17, 15) is 20.1 Å². The maximum atomic E-state index is 12.9. The molecule has 0 unspecified atom stereocenters. The minimum Gasteiger partial charge on any atom is -0.504 e. The smallest absolute Gasteiger partial charge is 0.338 e. The second-order valence-corrected chi connectivity index (χ2v) is 9.16. The highest BCUT2D eigenvalue weighted by molar-refractivity contribution is 5.90. The molecule has 2 aliphatic rings. The minimum atomic E-state index is -0.993. The summed E-state index contributed by atoms with van der Waals surface area (Å²) >= 11 is 0. The number of fused-ring (bicyclic) bond motifs is 1. The van der Waals surface area contributed by atoms with Crippen molar-refractivity contribution in [2.24, 2.45) is 17.3 Å². The van der Waals surface area contributed by atoms with Crippen molar-refractivity contribution < 1.29 is 29.6 Å². The average molecular weight is 405 g/mol. The van der Waals surface area contributed by atoms with Crippen LogP contribution in [-0.2, 0) is 4.74 Å². The molecule has 6 heteroatoms. The Morgan fingerprint density at radius 1 is 1.28 bits per heavy atom. The van der Waals surface area contributed by atoms with Gasteiger partial charge >= 0.3 is 5.97 Å². The van der Waals surface area contributed by atoms with Gasteiger partial charge in [-0.05, 0) is 67.4 Å². The zero-order valence-electron chi connectivity index (χ0n) is 17.8. The Kier molecular flexibility index (Phi) is 5.71. The number of phenolic OH excluding ortho intramolecular Hbond substituents is 1. The van der Waals surface area contributed by atoms with Crippen LogP contribution in [0.2, 0.25) is 0 Å². The van der Waals surface area contributed by atoms with Crippen molar-refractivity contribution in [1.82, 2.24) is 0 Å². The van der Waals surface area contributed by atoms with Crippen LogP contribution in [0.15, 0.2) is 29.8 Å². The highest BCUT2D eigenvalue weighted by Crippen LogP contribution is 2.58. The van der Waals surface area contributed by atoms with Gasteiger partial charge < -0.3 is 24.8 Å². The molecule has 160 valence electrons. The highest BCUT2D eigenvalue weighted by Gasteiger charge is 2.60. The SMILES string of the molecule is COc1cc(C(=O)O[C@H]2C=C(C)[C@@H](O)C[C@]3(C)CC[C@@](O)(C(C)C)[C@H]23)ccc1O. The Labute approximate surface area is 172 Å². The summed E-state index contributed by atoms with van der Waals surface area (Å²) < 4.78 is 11.0. The van der Waals surface area contributed by atoms with Crippen LogP contribution in [0, 0.1) is 17.3 Å². The second-order valence-electron chi connectivity index (χ2n) is 9.16. The highest BCUT2D eigenvalue weighted by atomic mass is 16.5. The van der Waals surface area contributed by atoms with Crippen LogP contribution >= 0.6 is 0 Å². The van der Waals surface area contributed by atoms with E-state index in [1.54, 1.807) is 6.08 Å². The van der Waals surface area contributed by atoms with E-state index in [-0.39, 0.29) is 34.3 Å². The molecule has 0 amide bonds. The normalized spacial score (nSPS) is 34.3. The molecule has 3 N–H and O–H groups in total. The van der Waals surface area contributed by atoms with Crippen molar-refractivity contribution >= 4 is 5.97 Å². The molecular formula is C23H32O6. The topological polar surface area (TPSA) is 96.2 Å². The van der Waals surface area contributed by atoms with Gasteiger partial charge in [-0.2, -0.15) is 0 Å². The molecule has 0 heterocycles. The van der Waals surface area contributed by atoms with Crippen LogP contribution in [0.1, 0.15) is 57.3 Å². The van der Waals surface area contributed by atoms with Gasteiger partial charge in [-0.3, -0.25) is 0 Å². The van der Waals surface area contributed by atoms with E-state index in [0.29, 0.717) is 12.8 Å². The second kappa shape index (κ2) is 7.65. The number of carbonyl (C=O) groups is 1. The molecule has 3 rings (SSSR count). The summed E-state index contributed by atoms with van der Waals surface area (Å²) in [6, 6.07) is 4.30. The quantitative estimate of drug-likeness (QED) is 0.525. The third kappa shape index (κ3) is 3.76. The van der Waals surface area contributed by atoms with Crippen molar-refractivity contribution in [3.05, 3.63) is 35.4 Å². The molecular weight excluding hydrogens is 372 g/mol. The first-order chi connectivity index (χ1) is 13.5. The molecule has 0 aliphatic heterocycles. The fourth-order valence-electron chi connectivity index (χ4n) is 5.13. The Morgan fingerprint density at radius 3 is 2.59 bits per heavy atom. The third-order valence-corrected chi connectivity index (χ3v) is 6.99. The molecule has 0 saturated heterocycles. The van der Waals surface area contributed by atoms with Crippen molar-refractivity contribution in [2.75, 3.05) is 7.11 Å². The number of aliphatic hydroxyl groups excluding tert-OH is 1. The van der Waals surface area contributed by atoms with E-state index in [2.05, 4.69) is 6.92 Å². The fourth-order valence-corrected chi connectivity index (χ4v) is 5.13. The van der Waals surface area contributed by atoms with Crippen molar-refractivity contribution in [3.63, 3.8) is 0 Å². The zero-order valence-corrected chi connectivity index (χ0v) is 17.8. The van der Waals surface area contributed by atoms with E-state index in [1.807, 2.05) is 20.8 Å². The molecule has 6 nitrogen and oxygen atoms in total. The molecule has 1 aromatic rings. The molecule has 5 atom stereocenters. The summed E-state index contributed by atoms with van der Waals surface area (Å²) in [6.45, 7) is 7.85. The lowest BCUT2D eigenvalue weighted by molar-refractivity contribution is -0.104. The van der Waals surface area contributed by atoms with Gasteiger partial charge in [0.25, 0.3) is 0 Å². The van der Waals surface area contributed by atoms with Crippen LogP contribution in [0.3, 0.4) is 0 Å². The number of esters is 1. The Balaban J connectivity index is 1.99. The molecule has 29 heavy (non-hydrogen) atoms. The van der Waals surface area contributed by atoms with Crippen LogP contribution < -0.4 is 4.74 Å². The molecule has 1 fully saturated rings. The van der Waals surface area contributed by atoms with Crippen molar-refractivity contribution in [3.8, 4) is 11.5 Å². The van der Waals surface area contributed by atoms with Gasteiger partial charge in [0, 0.05) is 5.92 Å². The number of hydrogen-bond acceptors (Lipinski definition) is 6. The molecule has 0 radical (unpaired) electrons. The number of hydrogen-bond donors (Lipinski definition) is 3. The molecule has 0 bridgehead atoms. The van der Waals surface area contributed by atoms with Crippen LogP contribution in [-0.4, -0.2) is 46.2 Å². The molecule has 1 aromatic carbocycles. The van der Waals surface area contributed by atoms with Gasteiger partial charge in [-0.1, -0.05) is 20.8 Å².